The van der Waals surface area contributed by atoms with Crippen LogP contribution in [0.3, 0.4) is 0 Å². The fraction of sp³-hybridized carbons (Fsp3) is 0.375. The van der Waals surface area contributed by atoms with Crippen molar-refractivity contribution in [1.29, 1.82) is 0 Å². The summed E-state index contributed by atoms with van der Waals surface area (Å²) in [5.74, 6) is 0.486. The van der Waals surface area contributed by atoms with E-state index in [1.165, 1.54) is 0 Å². The van der Waals surface area contributed by atoms with E-state index in [4.69, 9.17) is 27.9 Å². The molecule has 0 spiro atoms. The summed E-state index contributed by atoms with van der Waals surface area (Å²) in [4.78, 5) is 12.2. The number of aromatic nitrogens is 2. The second kappa shape index (κ2) is 6.81. The average Bonchev–Trinajstić information content (AvgIpc) is 2.92. The quantitative estimate of drug-likeness (QED) is 0.852. The number of hydrogen-bond donors (Lipinski definition) is 2. The monoisotopic (exact) mass is 355 g/mol. The fourth-order valence-electron chi connectivity index (χ4n) is 1.82. The third-order valence-electron chi connectivity index (χ3n) is 3.23. The minimum atomic E-state index is -0.749. The Morgan fingerprint density at radius 3 is 2.65 bits per heavy atom. The zero-order valence-corrected chi connectivity index (χ0v) is 14.9. The molecule has 2 N–H and O–H groups in total. The molecule has 1 heterocycles. The molecule has 0 aliphatic carbocycles. The van der Waals surface area contributed by atoms with Crippen LogP contribution in [-0.4, -0.2) is 22.2 Å². The number of nitrogens with zero attached hydrogens (tertiary/aromatic N) is 1. The highest BCUT2D eigenvalue weighted by Gasteiger charge is 2.20. The van der Waals surface area contributed by atoms with E-state index in [1.54, 1.807) is 31.2 Å². The zero-order chi connectivity index (χ0) is 17.2. The smallest absolute Gasteiger partial charge is 0.266 e. The highest BCUT2D eigenvalue weighted by Crippen LogP contribution is 2.32. The van der Waals surface area contributed by atoms with Gasteiger partial charge in [0.15, 0.2) is 11.9 Å². The minimum absolute atomic E-state index is 0.0770. The number of aromatic amines is 1. The molecule has 2 aromatic rings. The molecule has 0 radical (unpaired) electrons. The normalized spacial score (nSPS) is 12.8. The number of amides is 1. The van der Waals surface area contributed by atoms with E-state index in [0.717, 1.165) is 5.69 Å². The summed E-state index contributed by atoms with van der Waals surface area (Å²) in [5.41, 5.74) is 0.853. The molecule has 7 heteroatoms. The number of hydrogen-bond acceptors (Lipinski definition) is 3. The first-order valence-electron chi connectivity index (χ1n) is 7.16. The largest absolute Gasteiger partial charge is 0.479 e. The molecule has 0 saturated heterocycles. The van der Waals surface area contributed by atoms with Gasteiger partial charge in [0, 0.05) is 17.2 Å². The Bertz CT molecular complexity index is 708. The summed E-state index contributed by atoms with van der Waals surface area (Å²) in [7, 11) is 0. The SMILES string of the molecule is CC(Oc1cccc(Cl)c1Cl)C(=O)Nc1cc(C(C)(C)C)[nH]n1. The Morgan fingerprint density at radius 2 is 2.04 bits per heavy atom. The topological polar surface area (TPSA) is 67.0 Å². The third kappa shape index (κ3) is 4.39. The lowest BCUT2D eigenvalue weighted by atomic mass is 9.92. The van der Waals surface area contributed by atoms with E-state index >= 15 is 0 Å². The van der Waals surface area contributed by atoms with Gasteiger partial charge in [0.25, 0.3) is 5.91 Å². The molecule has 1 aromatic heterocycles. The zero-order valence-electron chi connectivity index (χ0n) is 13.4. The van der Waals surface area contributed by atoms with Crippen LogP contribution in [-0.2, 0) is 10.2 Å². The lowest BCUT2D eigenvalue weighted by molar-refractivity contribution is -0.122. The Balaban J connectivity index is 2.03. The maximum atomic E-state index is 12.2. The molecule has 0 saturated carbocycles. The van der Waals surface area contributed by atoms with E-state index in [2.05, 4.69) is 36.3 Å². The molecule has 23 heavy (non-hydrogen) atoms. The first-order valence-corrected chi connectivity index (χ1v) is 7.91. The van der Waals surface area contributed by atoms with E-state index < -0.39 is 6.10 Å². The Hall–Kier alpha value is -1.72. The van der Waals surface area contributed by atoms with Gasteiger partial charge in [-0.25, -0.2) is 0 Å². The molecule has 1 unspecified atom stereocenters. The second-order valence-electron chi connectivity index (χ2n) is 6.22. The number of H-pyrrole nitrogens is 1. The van der Waals surface area contributed by atoms with Crippen molar-refractivity contribution in [2.24, 2.45) is 0 Å². The molecule has 1 aromatic carbocycles. The van der Waals surface area contributed by atoms with Gasteiger partial charge in [-0.1, -0.05) is 50.0 Å². The molecule has 0 bridgehead atoms. The van der Waals surface area contributed by atoms with Gasteiger partial charge >= 0.3 is 0 Å². The lowest BCUT2D eigenvalue weighted by Gasteiger charge is -2.15. The van der Waals surface area contributed by atoms with Gasteiger partial charge in [0.2, 0.25) is 0 Å². The van der Waals surface area contributed by atoms with Crippen LogP contribution in [0.2, 0.25) is 10.0 Å². The fourth-order valence-corrected chi connectivity index (χ4v) is 2.15. The van der Waals surface area contributed by atoms with Gasteiger partial charge in [-0.15, -0.1) is 0 Å². The van der Waals surface area contributed by atoms with Crippen molar-refractivity contribution in [2.45, 2.75) is 39.2 Å². The standard InChI is InChI=1S/C16H19Cl2N3O2/c1-9(23-11-7-5-6-10(17)14(11)18)15(22)19-13-8-12(20-21-13)16(2,3)4/h5-9H,1-4H3,(H2,19,20,21,22). The highest BCUT2D eigenvalue weighted by molar-refractivity contribution is 6.42. The number of benzene rings is 1. The molecule has 1 amide bonds. The molecule has 2 rings (SSSR count). The van der Waals surface area contributed by atoms with Crippen LogP contribution >= 0.6 is 23.2 Å². The number of rotatable bonds is 4. The van der Waals surface area contributed by atoms with E-state index in [-0.39, 0.29) is 16.3 Å². The van der Waals surface area contributed by atoms with Crippen LogP contribution in [0.4, 0.5) is 5.82 Å². The van der Waals surface area contributed by atoms with Crippen LogP contribution in [0.1, 0.15) is 33.4 Å². The van der Waals surface area contributed by atoms with E-state index in [1.807, 2.05) is 0 Å². The number of carbonyl (C=O) groups excluding carboxylic acids is 1. The molecule has 124 valence electrons. The van der Waals surface area contributed by atoms with Crippen molar-refractivity contribution < 1.29 is 9.53 Å². The van der Waals surface area contributed by atoms with Crippen molar-refractivity contribution in [3.05, 3.63) is 40.0 Å². The van der Waals surface area contributed by atoms with Crippen molar-refractivity contribution in [1.82, 2.24) is 10.2 Å². The van der Waals surface area contributed by atoms with Gasteiger partial charge in [0.1, 0.15) is 10.8 Å². The van der Waals surface area contributed by atoms with Gasteiger partial charge < -0.3 is 10.1 Å². The number of ether oxygens (including phenoxy) is 1. The maximum Gasteiger partial charge on any atom is 0.266 e. The third-order valence-corrected chi connectivity index (χ3v) is 4.03. The molecule has 0 aliphatic heterocycles. The number of halogens is 2. The molecule has 5 nitrogen and oxygen atoms in total. The molecule has 1 atom stereocenters. The molecule has 0 aliphatic rings. The van der Waals surface area contributed by atoms with Gasteiger partial charge in [-0.3, -0.25) is 9.89 Å². The van der Waals surface area contributed by atoms with Crippen molar-refractivity contribution in [3.8, 4) is 5.75 Å². The molecular formula is C16H19Cl2N3O2. The number of nitrogens with one attached hydrogen (secondary N) is 2. The summed E-state index contributed by atoms with van der Waals surface area (Å²) in [6, 6.07) is 6.82. The predicted octanol–water partition coefficient (Wildman–Crippen LogP) is 4.42. The van der Waals surface area contributed by atoms with Crippen LogP contribution in [0.5, 0.6) is 5.75 Å². The molecule has 0 fully saturated rings. The Morgan fingerprint density at radius 1 is 1.35 bits per heavy atom. The van der Waals surface area contributed by atoms with Crippen molar-refractivity contribution >= 4 is 34.9 Å². The van der Waals surface area contributed by atoms with E-state index in [0.29, 0.717) is 16.6 Å². The average molecular weight is 356 g/mol. The number of carbonyl (C=O) groups is 1. The van der Waals surface area contributed by atoms with Crippen LogP contribution in [0.25, 0.3) is 0 Å². The van der Waals surface area contributed by atoms with Crippen molar-refractivity contribution in [3.63, 3.8) is 0 Å². The lowest BCUT2D eigenvalue weighted by Crippen LogP contribution is -2.30. The van der Waals surface area contributed by atoms with Crippen molar-refractivity contribution in [2.75, 3.05) is 5.32 Å². The second-order valence-corrected chi connectivity index (χ2v) is 7.00. The van der Waals surface area contributed by atoms with Crippen LogP contribution < -0.4 is 10.1 Å². The minimum Gasteiger partial charge on any atom is -0.479 e. The Kier molecular flexibility index (Phi) is 5.22. The number of anilines is 1. The summed E-state index contributed by atoms with van der Waals surface area (Å²) >= 11 is 12.0. The highest BCUT2D eigenvalue weighted by atomic mass is 35.5. The van der Waals surface area contributed by atoms with Crippen LogP contribution in [0.15, 0.2) is 24.3 Å². The van der Waals surface area contributed by atoms with Gasteiger partial charge in [-0.2, -0.15) is 5.10 Å². The summed E-state index contributed by atoms with van der Waals surface area (Å²) in [6.45, 7) is 7.79. The first kappa shape index (κ1) is 17.6. The summed E-state index contributed by atoms with van der Waals surface area (Å²) in [6.07, 6.45) is -0.749. The van der Waals surface area contributed by atoms with Gasteiger partial charge in [0.05, 0.1) is 5.02 Å². The van der Waals surface area contributed by atoms with Gasteiger partial charge in [-0.05, 0) is 19.1 Å². The maximum absolute atomic E-state index is 12.2. The predicted molar refractivity (Wildman–Crippen MR) is 92.5 cm³/mol. The van der Waals surface area contributed by atoms with Crippen LogP contribution in [0, 0.1) is 0 Å². The summed E-state index contributed by atoms with van der Waals surface area (Å²) in [5, 5.41) is 10.4. The van der Waals surface area contributed by atoms with E-state index in [9.17, 15) is 4.79 Å². The molecular weight excluding hydrogens is 337 g/mol. The first-order chi connectivity index (χ1) is 10.7. The Labute approximate surface area is 145 Å². The summed E-state index contributed by atoms with van der Waals surface area (Å²) < 4.78 is 5.57.